The van der Waals surface area contributed by atoms with E-state index in [1.165, 1.54) is 0 Å². The molecule has 1 aromatic heterocycles. The van der Waals surface area contributed by atoms with Gasteiger partial charge in [0.05, 0.1) is 12.3 Å². The first-order valence-corrected chi connectivity index (χ1v) is 5.16. The van der Waals surface area contributed by atoms with E-state index in [9.17, 15) is 9.50 Å². The number of nitrogens with zero attached hydrogens (tertiary/aromatic N) is 2. The van der Waals surface area contributed by atoms with Gasteiger partial charge < -0.3 is 15.7 Å². The van der Waals surface area contributed by atoms with E-state index in [1.54, 1.807) is 7.05 Å². The van der Waals surface area contributed by atoms with Gasteiger partial charge in [-0.3, -0.25) is 0 Å². The summed E-state index contributed by atoms with van der Waals surface area (Å²) in [5.74, 6) is 0.0121. The van der Waals surface area contributed by atoms with Gasteiger partial charge in [0, 0.05) is 13.6 Å². The zero-order valence-corrected chi connectivity index (χ0v) is 9.66. The molecular formula is C10H17FN4O. The Morgan fingerprint density at radius 3 is 2.75 bits per heavy atom. The second-order valence-corrected chi connectivity index (χ2v) is 3.83. The molecule has 0 aliphatic carbocycles. The molecule has 0 radical (unpaired) electrons. The highest BCUT2D eigenvalue weighted by molar-refractivity contribution is 5.40. The lowest BCUT2D eigenvalue weighted by Crippen LogP contribution is -2.25. The van der Waals surface area contributed by atoms with Crippen molar-refractivity contribution in [3.8, 4) is 0 Å². The molecule has 0 saturated heterocycles. The number of anilines is 2. The van der Waals surface area contributed by atoms with Crippen molar-refractivity contribution in [3.63, 3.8) is 0 Å². The van der Waals surface area contributed by atoms with Crippen LogP contribution in [0.5, 0.6) is 0 Å². The summed E-state index contributed by atoms with van der Waals surface area (Å²) in [6.45, 7) is 4.04. The van der Waals surface area contributed by atoms with E-state index in [0.717, 1.165) is 6.20 Å². The first-order valence-electron chi connectivity index (χ1n) is 5.16. The molecule has 6 heteroatoms. The monoisotopic (exact) mass is 228 g/mol. The van der Waals surface area contributed by atoms with Gasteiger partial charge in [0.1, 0.15) is 0 Å². The molecule has 1 atom stereocenters. The summed E-state index contributed by atoms with van der Waals surface area (Å²) >= 11 is 0. The normalized spacial score (nSPS) is 12.6. The van der Waals surface area contributed by atoms with Crippen LogP contribution in [0.3, 0.4) is 0 Å². The molecule has 0 spiro atoms. The van der Waals surface area contributed by atoms with Crippen molar-refractivity contribution in [1.82, 2.24) is 9.97 Å². The maximum absolute atomic E-state index is 13.3. The first-order chi connectivity index (χ1) is 7.54. The van der Waals surface area contributed by atoms with Gasteiger partial charge in [-0.05, 0) is 5.92 Å². The molecule has 0 bridgehead atoms. The topological polar surface area (TPSA) is 70.1 Å². The molecule has 0 saturated carbocycles. The zero-order valence-electron chi connectivity index (χ0n) is 9.66. The van der Waals surface area contributed by atoms with E-state index in [1.807, 2.05) is 13.8 Å². The van der Waals surface area contributed by atoms with Crippen LogP contribution in [0.4, 0.5) is 16.2 Å². The van der Waals surface area contributed by atoms with Crippen LogP contribution in [0.25, 0.3) is 0 Å². The third-order valence-corrected chi connectivity index (χ3v) is 2.22. The molecular weight excluding hydrogens is 211 g/mol. The Bertz CT molecular complexity index is 346. The van der Waals surface area contributed by atoms with Gasteiger partial charge in [0.2, 0.25) is 5.95 Å². The summed E-state index contributed by atoms with van der Waals surface area (Å²) in [7, 11) is 1.65. The number of aromatic nitrogens is 2. The molecule has 1 unspecified atom stereocenters. The molecule has 1 rings (SSSR count). The molecule has 0 aliphatic rings. The van der Waals surface area contributed by atoms with Gasteiger partial charge in [-0.2, -0.15) is 4.98 Å². The van der Waals surface area contributed by atoms with Gasteiger partial charge in [-0.1, -0.05) is 13.8 Å². The number of rotatable bonds is 5. The Labute approximate surface area is 94.1 Å². The third-order valence-electron chi connectivity index (χ3n) is 2.22. The summed E-state index contributed by atoms with van der Waals surface area (Å²) < 4.78 is 13.3. The Kier molecular flexibility index (Phi) is 4.42. The van der Waals surface area contributed by atoms with Crippen molar-refractivity contribution in [2.75, 3.05) is 24.2 Å². The lowest BCUT2D eigenvalue weighted by Gasteiger charge is -2.15. The first kappa shape index (κ1) is 12.6. The molecule has 0 amide bonds. The summed E-state index contributed by atoms with van der Waals surface area (Å²) in [5.41, 5.74) is 0. The second-order valence-electron chi connectivity index (χ2n) is 3.83. The predicted molar refractivity (Wildman–Crippen MR) is 60.9 cm³/mol. The predicted octanol–water partition coefficient (Wildman–Crippen LogP) is 1.09. The molecule has 16 heavy (non-hydrogen) atoms. The Morgan fingerprint density at radius 1 is 1.50 bits per heavy atom. The highest BCUT2D eigenvalue weighted by atomic mass is 19.1. The van der Waals surface area contributed by atoms with Gasteiger partial charge in [-0.25, -0.2) is 9.37 Å². The second kappa shape index (κ2) is 5.60. The van der Waals surface area contributed by atoms with Crippen LogP contribution in [0.15, 0.2) is 6.20 Å². The molecule has 0 aliphatic heterocycles. The molecule has 0 aromatic carbocycles. The van der Waals surface area contributed by atoms with E-state index in [2.05, 4.69) is 20.6 Å². The summed E-state index contributed by atoms with van der Waals surface area (Å²) in [6.07, 6.45) is 0.551. The van der Waals surface area contributed by atoms with Crippen molar-refractivity contribution in [3.05, 3.63) is 12.0 Å². The SMILES string of the molecule is CNc1ncc(F)c(NCC(O)C(C)C)n1. The van der Waals surface area contributed by atoms with E-state index in [0.29, 0.717) is 5.95 Å². The smallest absolute Gasteiger partial charge is 0.224 e. The lowest BCUT2D eigenvalue weighted by atomic mass is 10.1. The molecule has 0 fully saturated rings. The quantitative estimate of drug-likeness (QED) is 0.703. The maximum atomic E-state index is 13.3. The third kappa shape index (κ3) is 3.30. The fraction of sp³-hybridized carbons (Fsp3) is 0.600. The van der Waals surface area contributed by atoms with Crippen molar-refractivity contribution >= 4 is 11.8 Å². The van der Waals surface area contributed by atoms with Crippen LogP contribution in [0.1, 0.15) is 13.8 Å². The fourth-order valence-corrected chi connectivity index (χ4v) is 1.05. The largest absolute Gasteiger partial charge is 0.391 e. The van der Waals surface area contributed by atoms with Crippen LogP contribution < -0.4 is 10.6 Å². The van der Waals surface area contributed by atoms with Crippen LogP contribution in [0, 0.1) is 11.7 Å². The molecule has 5 nitrogen and oxygen atoms in total. The minimum absolute atomic E-state index is 0.0963. The highest BCUT2D eigenvalue weighted by Crippen LogP contribution is 2.12. The van der Waals surface area contributed by atoms with Crippen molar-refractivity contribution in [2.24, 2.45) is 5.92 Å². The minimum atomic E-state index is -0.535. The summed E-state index contributed by atoms with van der Waals surface area (Å²) in [4.78, 5) is 7.62. The maximum Gasteiger partial charge on any atom is 0.224 e. The number of hydrogen-bond donors (Lipinski definition) is 3. The van der Waals surface area contributed by atoms with E-state index in [4.69, 9.17) is 0 Å². The van der Waals surface area contributed by atoms with Crippen molar-refractivity contribution < 1.29 is 9.50 Å². The standard InChI is InChI=1S/C10H17FN4O/c1-6(2)8(16)5-13-9-7(11)4-14-10(12-3)15-9/h4,6,8,16H,5H2,1-3H3,(H2,12,13,14,15). The number of hydrogen-bond acceptors (Lipinski definition) is 5. The van der Waals surface area contributed by atoms with Crippen LogP contribution >= 0.6 is 0 Å². The summed E-state index contributed by atoms with van der Waals surface area (Å²) in [6, 6.07) is 0. The minimum Gasteiger partial charge on any atom is -0.391 e. The van der Waals surface area contributed by atoms with Crippen LogP contribution in [0.2, 0.25) is 0 Å². The van der Waals surface area contributed by atoms with Gasteiger partial charge >= 0.3 is 0 Å². The Hall–Kier alpha value is -1.43. The van der Waals surface area contributed by atoms with E-state index < -0.39 is 11.9 Å². The Balaban J connectivity index is 2.65. The average molecular weight is 228 g/mol. The van der Waals surface area contributed by atoms with E-state index >= 15 is 0 Å². The van der Waals surface area contributed by atoms with Crippen LogP contribution in [-0.4, -0.2) is 34.8 Å². The van der Waals surface area contributed by atoms with Crippen molar-refractivity contribution in [1.29, 1.82) is 0 Å². The molecule has 90 valence electrons. The van der Waals surface area contributed by atoms with Gasteiger partial charge in [-0.15, -0.1) is 0 Å². The lowest BCUT2D eigenvalue weighted by molar-refractivity contribution is 0.137. The summed E-state index contributed by atoms with van der Waals surface area (Å²) in [5, 5.41) is 15.0. The number of aliphatic hydroxyl groups is 1. The molecule has 1 aromatic rings. The number of halogens is 1. The Morgan fingerprint density at radius 2 is 2.19 bits per heavy atom. The molecule has 1 heterocycles. The van der Waals surface area contributed by atoms with Crippen LogP contribution in [-0.2, 0) is 0 Å². The molecule has 3 N–H and O–H groups in total. The number of aliphatic hydroxyl groups excluding tert-OH is 1. The van der Waals surface area contributed by atoms with Gasteiger partial charge in [0.25, 0.3) is 0 Å². The average Bonchev–Trinajstić information content (AvgIpc) is 2.27. The number of nitrogens with one attached hydrogen (secondary N) is 2. The van der Waals surface area contributed by atoms with Crippen molar-refractivity contribution in [2.45, 2.75) is 20.0 Å². The zero-order chi connectivity index (χ0) is 12.1. The fourth-order valence-electron chi connectivity index (χ4n) is 1.05. The highest BCUT2D eigenvalue weighted by Gasteiger charge is 2.11. The van der Waals surface area contributed by atoms with E-state index in [-0.39, 0.29) is 18.3 Å². The van der Waals surface area contributed by atoms with Gasteiger partial charge in [0.15, 0.2) is 11.6 Å².